The van der Waals surface area contributed by atoms with Crippen molar-refractivity contribution < 1.29 is 27.3 Å². The Morgan fingerprint density at radius 3 is 2.16 bits per heavy atom. The van der Waals surface area contributed by atoms with Crippen LogP contribution in [0.15, 0.2) is 60.7 Å². The van der Waals surface area contributed by atoms with Crippen molar-refractivity contribution in [2.45, 2.75) is 32.8 Å². The van der Waals surface area contributed by atoms with E-state index in [-0.39, 0.29) is 19.1 Å². The molecule has 0 aliphatic rings. The van der Waals surface area contributed by atoms with Gasteiger partial charge in [0.15, 0.2) is 0 Å². The van der Waals surface area contributed by atoms with Crippen molar-refractivity contribution in [3.05, 3.63) is 71.8 Å². The van der Waals surface area contributed by atoms with Gasteiger partial charge in [0.1, 0.15) is 6.61 Å². The first-order valence-electron chi connectivity index (χ1n) is 10.2. The quantitative estimate of drug-likeness (QED) is 0.404. The van der Waals surface area contributed by atoms with Crippen LogP contribution < -0.4 is 5.32 Å². The van der Waals surface area contributed by atoms with Crippen LogP contribution in [0.2, 0.25) is 0 Å². The monoisotopic (exact) mass is 447 g/mol. The molecule has 8 heteroatoms. The van der Waals surface area contributed by atoms with Crippen molar-refractivity contribution >= 4 is 22.0 Å². The van der Waals surface area contributed by atoms with E-state index in [1.165, 1.54) is 0 Å². The summed E-state index contributed by atoms with van der Waals surface area (Å²) in [5.74, 6) is -2.99. The van der Waals surface area contributed by atoms with Gasteiger partial charge in [-0.25, -0.2) is 0 Å². The minimum absolute atomic E-state index is 0.00328. The van der Waals surface area contributed by atoms with Gasteiger partial charge in [0.25, 0.3) is 10.1 Å². The normalized spacial score (nSPS) is 14.3. The highest BCUT2D eigenvalue weighted by Gasteiger charge is 2.33. The standard InChI is InChI=1S/C23H29NO6S/c1-17(20-11-7-4-8-12-20)15-21(18(2)22(25)24-13-14-31(27,28)29)23(26)30-16-19-9-5-3-6-10-19/h3-12,17-18,21H,13-16H2,1-2H3,(H,24,25)(H,27,28,29). The van der Waals surface area contributed by atoms with E-state index in [0.29, 0.717) is 6.42 Å². The van der Waals surface area contributed by atoms with E-state index < -0.39 is 39.6 Å². The van der Waals surface area contributed by atoms with Crippen LogP contribution in [0.4, 0.5) is 0 Å². The summed E-state index contributed by atoms with van der Waals surface area (Å²) in [7, 11) is -4.18. The third-order valence-electron chi connectivity index (χ3n) is 5.18. The van der Waals surface area contributed by atoms with E-state index in [2.05, 4.69) is 5.32 Å². The maximum atomic E-state index is 12.9. The zero-order valence-corrected chi connectivity index (χ0v) is 18.5. The summed E-state index contributed by atoms with van der Waals surface area (Å²) in [4.78, 5) is 25.5. The molecule has 2 N–H and O–H groups in total. The Morgan fingerprint density at radius 2 is 1.58 bits per heavy atom. The summed E-state index contributed by atoms with van der Waals surface area (Å²) < 4.78 is 36.1. The number of ether oxygens (including phenoxy) is 1. The second-order valence-electron chi connectivity index (χ2n) is 7.61. The molecule has 0 aliphatic carbocycles. The minimum atomic E-state index is -4.18. The maximum absolute atomic E-state index is 12.9. The average Bonchev–Trinajstić information content (AvgIpc) is 2.75. The number of benzene rings is 2. The van der Waals surface area contributed by atoms with E-state index in [9.17, 15) is 18.0 Å². The molecule has 1 amide bonds. The molecule has 2 rings (SSSR count). The molecule has 7 nitrogen and oxygen atoms in total. The number of hydrogen-bond acceptors (Lipinski definition) is 5. The lowest BCUT2D eigenvalue weighted by atomic mass is 9.83. The first-order chi connectivity index (χ1) is 14.7. The number of carbonyl (C=O) groups is 2. The molecule has 3 atom stereocenters. The molecule has 0 aliphatic heterocycles. The number of amides is 1. The largest absolute Gasteiger partial charge is 0.461 e. The molecule has 2 aromatic carbocycles. The second-order valence-corrected chi connectivity index (χ2v) is 9.19. The molecular formula is C23H29NO6S. The average molecular weight is 448 g/mol. The number of carbonyl (C=O) groups excluding carboxylic acids is 2. The van der Waals surface area contributed by atoms with Crippen molar-refractivity contribution in [3.8, 4) is 0 Å². The van der Waals surface area contributed by atoms with Crippen LogP contribution in [0, 0.1) is 11.8 Å². The highest BCUT2D eigenvalue weighted by atomic mass is 32.2. The van der Waals surface area contributed by atoms with Crippen LogP contribution in [-0.2, 0) is 31.1 Å². The van der Waals surface area contributed by atoms with Crippen molar-refractivity contribution in [1.82, 2.24) is 5.32 Å². The lowest BCUT2D eigenvalue weighted by molar-refractivity contribution is -0.154. The highest BCUT2D eigenvalue weighted by Crippen LogP contribution is 2.29. The first-order valence-corrected chi connectivity index (χ1v) is 11.8. The van der Waals surface area contributed by atoms with Gasteiger partial charge in [-0.05, 0) is 23.5 Å². The van der Waals surface area contributed by atoms with E-state index >= 15 is 0 Å². The summed E-state index contributed by atoms with van der Waals surface area (Å²) in [6, 6.07) is 18.9. The second kappa shape index (κ2) is 11.6. The highest BCUT2D eigenvalue weighted by molar-refractivity contribution is 7.85. The molecule has 0 bridgehead atoms. The molecule has 0 aromatic heterocycles. The van der Waals surface area contributed by atoms with Crippen LogP contribution in [0.25, 0.3) is 0 Å². The van der Waals surface area contributed by atoms with Crippen LogP contribution in [0.1, 0.15) is 37.3 Å². The predicted octanol–water partition coefficient (Wildman–Crippen LogP) is 3.18. The summed E-state index contributed by atoms with van der Waals surface area (Å²) in [5, 5.41) is 2.48. The third-order valence-corrected chi connectivity index (χ3v) is 5.90. The van der Waals surface area contributed by atoms with Gasteiger partial charge >= 0.3 is 5.97 Å². The third kappa shape index (κ3) is 8.51. The van der Waals surface area contributed by atoms with Gasteiger partial charge < -0.3 is 10.1 Å². The van der Waals surface area contributed by atoms with Gasteiger partial charge in [0.05, 0.1) is 11.7 Å². The number of nitrogens with one attached hydrogen (secondary N) is 1. The Balaban J connectivity index is 2.09. The summed E-state index contributed by atoms with van der Waals surface area (Å²) in [5.41, 5.74) is 1.89. The van der Waals surface area contributed by atoms with E-state index in [0.717, 1.165) is 11.1 Å². The maximum Gasteiger partial charge on any atom is 0.310 e. The van der Waals surface area contributed by atoms with Gasteiger partial charge in [0, 0.05) is 12.5 Å². The molecule has 31 heavy (non-hydrogen) atoms. The number of hydrogen-bond donors (Lipinski definition) is 2. The van der Waals surface area contributed by atoms with Crippen molar-refractivity contribution in [1.29, 1.82) is 0 Å². The Kier molecular flexibility index (Phi) is 9.21. The zero-order chi connectivity index (χ0) is 22.9. The molecule has 0 saturated heterocycles. The molecule has 168 valence electrons. The fraction of sp³-hybridized carbons (Fsp3) is 0.391. The molecule has 0 spiro atoms. The molecule has 0 saturated carbocycles. The molecule has 0 fully saturated rings. The van der Waals surface area contributed by atoms with E-state index in [4.69, 9.17) is 9.29 Å². The fourth-order valence-electron chi connectivity index (χ4n) is 3.29. The lowest BCUT2D eigenvalue weighted by Crippen LogP contribution is -2.39. The topological polar surface area (TPSA) is 110 Å². The Morgan fingerprint density at radius 1 is 1.00 bits per heavy atom. The molecular weight excluding hydrogens is 418 g/mol. The number of esters is 1. The summed E-state index contributed by atoms with van der Waals surface area (Å²) >= 11 is 0. The molecule has 3 unspecified atom stereocenters. The van der Waals surface area contributed by atoms with E-state index in [1.807, 2.05) is 67.6 Å². The van der Waals surface area contributed by atoms with Crippen molar-refractivity contribution in [2.75, 3.05) is 12.3 Å². The Bertz CT molecular complexity index is 947. The van der Waals surface area contributed by atoms with Crippen LogP contribution in [0.5, 0.6) is 0 Å². The van der Waals surface area contributed by atoms with Gasteiger partial charge in [-0.15, -0.1) is 0 Å². The van der Waals surface area contributed by atoms with Crippen molar-refractivity contribution in [2.24, 2.45) is 11.8 Å². The Hall–Kier alpha value is -2.71. The van der Waals surface area contributed by atoms with Crippen LogP contribution in [-0.4, -0.2) is 37.1 Å². The lowest BCUT2D eigenvalue weighted by Gasteiger charge is -2.25. The molecule has 0 heterocycles. The summed E-state index contributed by atoms with van der Waals surface area (Å²) in [6.07, 6.45) is 0.393. The van der Waals surface area contributed by atoms with Gasteiger partial charge in [-0.2, -0.15) is 8.42 Å². The van der Waals surface area contributed by atoms with Crippen LogP contribution >= 0.6 is 0 Å². The number of rotatable bonds is 11. The van der Waals surface area contributed by atoms with Gasteiger partial charge in [-0.1, -0.05) is 74.5 Å². The SMILES string of the molecule is CC(CC(C(=O)OCc1ccccc1)C(C)C(=O)NCCS(=O)(=O)O)c1ccccc1. The minimum Gasteiger partial charge on any atom is -0.461 e. The Labute approximate surface area is 183 Å². The molecule has 2 aromatic rings. The predicted molar refractivity (Wildman–Crippen MR) is 118 cm³/mol. The first kappa shape index (κ1) is 24.6. The van der Waals surface area contributed by atoms with Gasteiger partial charge in [-0.3, -0.25) is 14.1 Å². The fourth-order valence-corrected chi connectivity index (χ4v) is 3.65. The zero-order valence-electron chi connectivity index (χ0n) is 17.7. The van der Waals surface area contributed by atoms with Crippen molar-refractivity contribution in [3.63, 3.8) is 0 Å². The van der Waals surface area contributed by atoms with Crippen LogP contribution in [0.3, 0.4) is 0 Å². The van der Waals surface area contributed by atoms with Gasteiger partial charge in [0.2, 0.25) is 5.91 Å². The van der Waals surface area contributed by atoms with E-state index in [1.54, 1.807) is 6.92 Å². The molecule has 0 radical (unpaired) electrons. The smallest absolute Gasteiger partial charge is 0.310 e. The summed E-state index contributed by atoms with van der Waals surface area (Å²) in [6.45, 7) is 3.47.